The molecule has 0 radical (unpaired) electrons. The van der Waals surface area contributed by atoms with Gasteiger partial charge in [0.25, 0.3) is 0 Å². The van der Waals surface area contributed by atoms with Gasteiger partial charge >= 0.3 is 0 Å². The summed E-state index contributed by atoms with van der Waals surface area (Å²) in [6, 6.07) is 5.57. The van der Waals surface area contributed by atoms with Gasteiger partial charge in [0.2, 0.25) is 0 Å². The molecule has 1 atom stereocenters. The van der Waals surface area contributed by atoms with Crippen LogP contribution in [-0.2, 0) is 0 Å². The van der Waals surface area contributed by atoms with Gasteiger partial charge in [-0.2, -0.15) is 23.7 Å². The summed E-state index contributed by atoms with van der Waals surface area (Å²) in [5.74, 6) is -0.545. The van der Waals surface area contributed by atoms with Crippen LogP contribution in [-0.4, -0.2) is 0 Å². The van der Waals surface area contributed by atoms with Crippen molar-refractivity contribution in [2.75, 3.05) is 0 Å². The summed E-state index contributed by atoms with van der Waals surface area (Å²) in [4.78, 5) is 0. The van der Waals surface area contributed by atoms with Gasteiger partial charge in [0.05, 0.1) is 0 Å². The molecule has 13 heavy (non-hydrogen) atoms. The van der Waals surface area contributed by atoms with Gasteiger partial charge in [-0.1, -0.05) is 0 Å². The second-order valence-corrected chi connectivity index (χ2v) is 3.25. The Bertz CT molecular complexity index is 264. The molecule has 0 bridgehead atoms. The van der Waals surface area contributed by atoms with E-state index in [0.717, 1.165) is 0 Å². The molecule has 0 fully saturated rings. The molecule has 0 N–H and O–H groups in total. The Labute approximate surface area is 82.3 Å². The van der Waals surface area contributed by atoms with Crippen LogP contribution in [0.2, 0.25) is 5.02 Å². The molecular weight excluding hydrogens is 445 g/mol. The number of alkyl halides is 1. The third-order valence-corrected chi connectivity index (χ3v) is 1.83. The summed E-state index contributed by atoms with van der Waals surface area (Å²) in [5.41, 5.74) is 0.619. The summed E-state index contributed by atoms with van der Waals surface area (Å²) in [5, 5.41) is -0.159. The molecule has 1 unspecified atom stereocenters. The quantitative estimate of drug-likeness (QED) is 0.445. The number of hydrogen-bond acceptors (Lipinski definition) is 0. The van der Waals surface area contributed by atoms with Crippen LogP contribution < -0.4 is 0 Å². The van der Waals surface area contributed by atoms with Crippen molar-refractivity contribution in [1.82, 2.24) is 0 Å². The van der Waals surface area contributed by atoms with Gasteiger partial charge in [-0.25, -0.2) is 4.39 Å². The van der Waals surface area contributed by atoms with Crippen molar-refractivity contribution in [3.8, 4) is 0 Å². The van der Waals surface area contributed by atoms with E-state index in [-0.39, 0.29) is 17.8 Å². The van der Waals surface area contributed by atoms with Gasteiger partial charge in [0.1, 0.15) is 0 Å². The van der Waals surface area contributed by atoms with Gasteiger partial charge in [-0.3, -0.25) is 0 Å². The van der Waals surface area contributed by atoms with Crippen LogP contribution in [0.3, 0.4) is 0 Å². The summed E-state index contributed by atoms with van der Waals surface area (Å²) in [7, 11) is 0. The molecule has 0 amide bonds. The molecule has 0 heterocycles. The van der Waals surface area contributed by atoms with Crippen molar-refractivity contribution in [2.24, 2.45) is 0 Å². The predicted octanol–water partition coefficient (Wildman–Crippen LogP) is 4.03. The van der Waals surface area contributed by atoms with Gasteiger partial charge in [-0.05, 0) is 11.9 Å². The minimum Gasteiger partial charge on any atom is -0.358 e. The van der Waals surface area contributed by atoms with Crippen molar-refractivity contribution in [3.05, 3.63) is 42.0 Å². The molecular formula is C9H9Cl2CmF-2. The molecule has 0 saturated heterocycles. The molecule has 1 aromatic rings. The Balaban J connectivity index is 0. The van der Waals surface area contributed by atoms with Crippen molar-refractivity contribution >= 4 is 23.2 Å². The Kier molecular flexibility index (Phi) is 5.91. The fraction of sp³-hybridized carbons (Fsp3) is 0.222. The molecule has 0 aliphatic rings. The number of rotatable bonds is 1. The molecule has 0 aliphatic heterocycles. The van der Waals surface area contributed by atoms with E-state index in [1.165, 1.54) is 6.07 Å². The van der Waals surface area contributed by atoms with Crippen LogP contribution in [0, 0.1) is 19.3 Å². The van der Waals surface area contributed by atoms with E-state index in [0.29, 0.717) is 5.56 Å². The van der Waals surface area contributed by atoms with Gasteiger partial charge in [0, 0.05) is 11.2 Å². The summed E-state index contributed by atoms with van der Waals surface area (Å²) >= 11 is 11.1. The number of hydrogen-bond donors (Lipinski definition) is 0. The topological polar surface area (TPSA) is 0 Å². The van der Waals surface area contributed by atoms with Crippen molar-refractivity contribution < 1.29 is 4.39 Å². The smallest absolute Gasteiger partial charge is 0.0334 e. The Morgan fingerprint density at radius 3 is 2.38 bits per heavy atom. The minimum absolute atomic E-state index is 0. The maximum Gasteiger partial charge on any atom is 0.0334 e. The largest absolute Gasteiger partial charge is 0.358 e. The fourth-order valence-electron chi connectivity index (χ4n) is 0.696. The van der Waals surface area contributed by atoms with E-state index in [4.69, 9.17) is 23.2 Å². The molecule has 1 aromatic carbocycles. The summed E-state index contributed by atoms with van der Waals surface area (Å²) in [6.45, 7) is 1.75. The first-order valence-corrected chi connectivity index (χ1v) is 3.94. The number of benzene rings is 1. The molecule has 0 spiro atoms. The van der Waals surface area contributed by atoms with E-state index in [1.807, 2.05) is 0 Å². The third kappa shape index (κ3) is 3.30. The molecule has 0 nitrogen and oxygen atoms in total. The number of halogens is 3. The third-order valence-electron chi connectivity index (χ3n) is 1.30. The van der Waals surface area contributed by atoms with E-state index >= 15 is 0 Å². The van der Waals surface area contributed by atoms with Crippen LogP contribution in [0.5, 0.6) is 0 Å². The molecule has 0 aromatic heterocycles. The van der Waals surface area contributed by atoms with Crippen molar-refractivity contribution in [1.29, 1.82) is 0 Å². The van der Waals surface area contributed by atoms with Crippen molar-refractivity contribution in [2.45, 2.75) is 12.3 Å². The van der Waals surface area contributed by atoms with E-state index in [1.54, 1.807) is 13.0 Å². The van der Waals surface area contributed by atoms with Crippen LogP contribution in [0.1, 0.15) is 17.9 Å². The average Bonchev–Trinajstić information content (AvgIpc) is 1.94. The van der Waals surface area contributed by atoms with Gasteiger partial charge < -0.3 is 7.43 Å². The zero-order valence-corrected chi connectivity index (χ0v) is 11.7. The first-order valence-electron chi connectivity index (χ1n) is 3.12. The SMILES string of the molecule is CC(Cl)c1[c-]c(F)c(Cl)cc1.[CH3-].[Cm]. The minimum atomic E-state index is -0.545. The normalized spacial score (nSPS) is 11.1. The van der Waals surface area contributed by atoms with E-state index in [9.17, 15) is 4.39 Å². The average molecular weight is 454 g/mol. The Morgan fingerprint density at radius 2 is 2.00 bits per heavy atom. The van der Waals surface area contributed by atoms with E-state index in [2.05, 4.69) is 6.07 Å². The first kappa shape index (κ1) is 14.3. The maximum atomic E-state index is 12.7. The Hall–Kier alpha value is -1.27. The van der Waals surface area contributed by atoms with Crippen LogP contribution in [0.25, 0.3) is 0 Å². The van der Waals surface area contributed by atoms with E-state index < -0.39 is 5.82 Å². The van der Waals surface area contributed by atoms with Crippen molar-refractivity contribution in [3.63, 3.8) is 0 Å². The second-order valence-electron chi connectivity index (χ2n) is 2.19. The molecule has 76 valence electrons. The van der Waals surface area contributed by atoms with Gasteiger partial charge in [0.15, 0.2) is 0 Å². The molecule has 4 heteroatoms. The Morgan fingerprint density at radius 1 is 1.46 bits per heavy atom. The first-order chi connectivity index (χ1) is 5.11. The maximum absolute atomic E-state index is 12.7. The molecule has 0 saturated carbocycles. The molecule has 1 rings (SSSR count). The zero-order chi connectivity index (χ0) is 8.43. The predicted molar refractivity (Wildman–Crippen MR) is 50.9 cm³/mol. The molecule has 0 aliphatic carbocycles. The zero-order valence-electron chi connectivity index (χ0n) is 7.22. The second kappa shape index (κ2) is 5.39. The van der Waals surface area contributed by atoms with Crippen LogP contribution in [0.15, 0.2) is 12.1 Å². The summed E-state index contributed by atoms with van der Waals surface area (Å²) in [6.07, 6.45) is 0. The monoisotopic (exact) mass is 449 g/mol. The fourth-order valence-corrected chi connectivity index (χ4v) is 0.934. The standard InChI is InChI=1S/C8H6Cl2F.CH3.Cm/c1-5(9)6-2-3-7(10)8(11)4-6;;/h2-3,5H,1H3;1H3;/q2*-1;. The van der Waals surface area contributed by atoms with Crippen LogP contribution in [0.4, 0.5) is 4.39 Å². The van der Waals surface area contributed by atoms with Crippen LogP contribution >= 0.6 is 23.2 Å². The van der Waals surface area contributed by atoms with Gasteiger partial charge in [-0.15, -0.1) is 23.2 Å². The summed E-state index contributed by atoms with van der Waals surface area (Å²) < 4.78 is 12.7.